The van der Waals surface area contributed by atoms with E-state index < -0.39 is 0 Å². The molecule has 0 bridgehead atoms. The first-order valence-corrected chi connectivity index (χ1v) is 8.99. The number of allylic oxidation sites excluding steroid dienone is 1. The minimum absolute atomic E-state index is 0.110. The molecule has 0 N–H and O–H groups in total. The quantitative estimate of drug-likeness (QED) is 0.466. The first-order valence-electron chi connectivity index (χ1n) is 8.99. The topological polar surface area (TPSA) is 67.9 Å². The summed E-state index contributed by atoms with van der Waals surface area (Å²) in [5, 5.41) is 14.2. The van der Waals surface area contributed by atoms with Crippen LogP contribution >= 0.6 is 0 Å². The Kier molecular flexibility index (Phi) is 5.71. The number of rotatable bonds is 6. The highest BCUT2D eigenvalue weighted by atomic mass is 16.5. The number of nitriles is 1. The molecule has 0 saturated heterocycles. The third kappa shape index (κ3) is 3.86. The van der Waals surface area contributed by atoms with E-state index in [9.17, 15) is 10.1 Å². The molecule has 2 aromatic carbocycles. The second kappa shape index (κ2) is 8.36. The Morgan fingerprint density at radius 1 is 1.14 bits per heavy atom. The highest BCUT2D eigenvalue weighted by Crippen LogP contribution is 2.33. The van der Waals surface area contributed by atoms with Crippen molar-refractivity contribution in [1.82, 2.24) is 9.78 Å². The fraction of sp³-hybridized carbons (Fsp3) is 0.174. The molecule has 0 fully saturated rings. The molecule has 1 heterocycles. The van der Waals surface area contributed by atoms with Crippen molar-refractivity contribution in [3.63, 3.8) is 0 Å². The van der Waals surface area contributed by atoms with Crippen molar-refractivity contribution in [2.45, 2.75) is 13.8 Å². The molecular weight excluding hydrogens is 350 g/mol. The summed E-state index contributed by atoms with van der Waals surface area (Å²) in [6, 6.07) is 19.3. The Hall–Kier alpha value is -3.65. The van der Waals surface area contributed by atoms with E-state index >= 15 is 0 Å². The number of hydrogen-bond acceptors (Lipinski definition) is 4. The molecule has 0 aliphatic heterocycles. The van der Waals surface area contributed by atoms with Crippen LogP contribution in [0.2, 0.25) is 0 Å². The summed E-state index contributed by atoms with van der Waals surface area (Å²) in [5.74, 6) is 0.217. The van der Waals surface area contributed by atoms with Gasteiger partial charge in [-0.15, -0.1) is 0 Å². The van der Waals surface area contributed by atoms with Crippen molar-refractivity contribution >= 4 is 11.9 Å². The molecule has 140 valence electrons. The smallest absolute Gasteiger partial charge is 0.175 e. The van der Waals surface area contributed by atoms with Crippen LogP contribution in [0.3, 0.4) is 0 Å². The van der Waals surface area contributed by atoms with Gasteiger partial charge in [-0.3, -0.25) is 4.79 Å². The number of ether oxygens (including phenoxy) is 1. The van der Waals surface area contributed by atoms with Crippen molar-refractivity contribution in [2.75, 3.05) is 7.11 Å². The van der Waals surface area contributed by atoms with E-state index in [-0.39, 0.29) is 17.3 Å². The maximum absolute atomic E-state index is 12.4. The minimum atomic E-state index is -0.259. The number of para-hydroxylation sites is 2. The lowest BCUT2D eigenvalue weighted by Gasteiger charge is -2.07. The molecule has 0 aliphatic carbocycles. The average Bonchev–Trinajstić information content (AvgIpc) is 3.15. The highest BCUT2D eigenvalue weighted by molar-refractivity contribution is 6.04. The van der Waals surface area contributed by atoms with Crippen LogP contribution in [-0.2, 0) is 4.79 Å². The van der Waals surface area contributed by atoms with Gasteiger partial charge in [0.1, 0.15) is 17.5 Å². The molecule has 1 aromatic heterocycles. The molecule has 0 amide bonds. The molecule has 0 saturated carbocycles. The summed E-state index contributed by atoms with van der Waals surface area (Å²) in [7, 11) is 1.60. The van der Waals surface area contributed by atoms with Crippen LogP contribution in [0.4, 0.5) is 0 Å². The molecule has 0 unspecified atom stereocenters. The molecule has 3 rings (SSSR count). The largest absolute Gasteiger partial charge is 0.496 e. The van der Waals surface area contributed by atoms with E-state index in [2.05, 4.69) is 0 Å². The summed E-state index contributed by atoms with van der Waals surface area (Å²) in [6.45, 7) is 3.56. The number of hydrogen-bond donors (Lipinski definition) is 0. The number of aromatic nitrogens is 2. The van der Waals surface area contributed by atoms with Crippen LogP contribution in [0.1, 0.15) is 19.4 Å². The molecule has 0 spiro atoms. The van der Waals surface area contributed by atoms with Crippen molar-refractivity contribution in [2.24, 2.45) is 5.92 Å². The maximum atomic E-state index is 12.4. The molecule has 0 atom stereocenters. The Morgan fingerprint density at radius 2 is 1.82 bits per heavy atom. The molecular formula is C23H21N3O2. The van der Waals surface area contributed by atoms with Gasteiger partial charge in [-0.05, 0) is 30.3 Å². The number of carbonyl (C=O) groups excluding carboxylic acids is 1. The number of nitrogens with zero attached hydrogens (tertiary/aromatic N) is 3. The second-order valence-electron chi connectivity index (χ2n) is 6.60. The van der Waals surface area contributed by atoms with Crippen LogP contribution in [0.5, 0.6) is 5.75 Å². The number of benzene rings is 2. The molecule has 5 nitrogen and oxygen atoms in total. The van der Waals surface area contributed by atoms with E-state index in [4.69, 9.17) is 9.84 Å². The van der Waals surface area contributed by atoms with E-state index in [0.717, 1.165) is 11.3 Å². The Balaban J connectivity index is 2.22. The van der Waals surface area contributed by atoms with Gasteiger partial charge in [-0.1, -0.05) is 44.2 Å². The van der Waals surface area contributed by atoms with E-state index in [0.29, 0.717) is 17.0 Å². The van der Waals surface area contributed by atoms with Gasteiger partial charge in [-0.2, -0.15) is 10.4 Å². The minimum Gasteiger partial charge on any atom is -0.496 e. The van der Waals surface area contributed by atoms with Crippen LogP contribution < -0.4 is 4.74 Å². The van der Waals surface area contributed by atoms with Crippen molar-refractivity contribution in [1.29, 1.82) is 5.26 Å². The van der Waals surface area contributed by atoms with Gasteiger partial charge in [0, 0.05) is 23.2 Å². The van der Waals surface area contributed by atoms with E-state index in [1.165, 1.54) is 0 Å². The van der Waals surface area contributed by atoms with Crippen LogP contribution in [0.15, 0.2) is 66.4 Å². The zero-order valence-electron chi connectivity index (χ0n) is 16.1. The van der Waals surface area contributed by atoms with Crippen LogP contribution in [-0.4, -0.2) is 22.7 Å². The summed E-state index contributed by atoms with van der Waals surface area (Å²) in [5.41, 5.74) is 3.11. The predicted molar refractivity (Wildman–Crippen MR) is 109 cm³/mol. The number of carbonyl (C=O) groups is 1. The van der Waals surface area contributed by atoms with Gasteiger partial charge in [0.25, 0.3) is 0 Å². The van der Waals surface area contributed by atoms with Gasteiger partial charge < -0.3 is 4.74 Å². The maximum Gasteiger partial charge on any atom is 0.175 e. The highest BCUT2D eigenvalue weighted by Gasteiger charge is 2.18. The van der Waals surface area contributed by atoms with E-state index in [1.54, 1.807) is 31.7 Å². The summed E-state index contributed by atoms with van der Waals surface area (Å²) in [4.78, 5) is 12.4. The normalized spacial score (nSPS) is 11.3. The number of methoxy groups -OCH3 is 1. The lowest BCUT2D eigenvalue weighted by molar-refractivity contribution is -0.117. The standard InChI is InChI=1S/C23H21N3O2/c1-16(2)23(27)17(14-24)13-18-15-26(19-9-5-4-6-10-19)25-22(18)20-11-7-8-12-21(20)28-3/h4-13,15-16H,1-3H3. The molecule has 28 heavy (non-hydrogen) atoms. The lowest BCUT2D eigenvalue weighted by Crippen LogP contribution is -2.08. The van der Waals surface area contributed by atoms with Gasteiger partial charge >= 0.3 is 0 Å². The Bertz CT molecular complexity index is 1060. The predicted octanol–water partition coefficient (Wildman–Crippen LogP) is 4.68. The monoisotopic (exact) mass is 371 g/mol. The van der Waals surface area contributed by atoms with Crippen molar-refractivity contribution < 1.29 is 9.53 Å². The lowest BCUT2D eigenvalue weighted by atomic mass is 9.99. The van der Waals surface area contributed by atoms with Crippen LogP contribution in [0, 0.1) is 17.2 Å². The van der Waals surface area contributed by atoms with Gasteiger partial charge in [0.15, 0.2) is 5.78 Å². The third-order valence-electron chi connectivity index (χ3n) is 4.34. The molecule has 3 aromatic rings. The van der Waals surface area contributed by atoms with Crippen molar-refractivity contribution in [3.05, 3.63) is 71.9 Å². The number of ketones is 1. The zero-order valence-corrected chi connectivity index (χ0v) is 16.1. The number of Topliss-reactive ketones (excluding diaryl/α,β-unsaturated/α-hetero) is 1. The molecule has 0 radical (unpaired) electrons. The SMILES string of the molecule is COc1ccccc1-c1nn(-c2ccccc2)cc1C=C(C#N)C(=O)C(C)C. The first-order chi connectivity index (χ1) is 13.5. The molecule has 0 aliphatic rings. The summed E-state index contributed by atoms with van der Waals surface area (Å²) in [6.07, 6.45) is 3.43. The second-order valence-corrected chi connectivity index (χ2v) is 6.60. The Morgan fingerprint density at radius 3 is 2.46 bits per heavy atom. The summed E-state index contributed by atoms with van der Waals surface area (Å²) < 4.78 is 7.22. The zero-order chi connectivity index (χ0) is 20.1. The van der Waals surface area contributed by atoms with E-state index in [1.807, 2.05) is 66.9 Å². The van der Waals surface area contributed by atoms with Gasteiger partial charge in [0.2, 0.25) is 0 Å². The van der Waals surface area contributed by atoms with Gasteiger partial charge in [-0.25, -0.2) is 4.68 Å². The van der Waals surface area contributed by atoms with Gasteiger partial charge in [0.05, 0.1) is 18.4 Å². The van der Waals surface area contributed by atoms with Crippen molar-refractivity contribution in [3.8, 4) is 28.8 Å². The summed E-state index contributed by atoms with van der Waals surface area (Å²) >= 11 is 0. The fourth-order valence-corrected chi connectivity index (χ4v) is 2.88. The van der Waals surface area contributed by atoms with Crippen LogP contribution in [0.25, 0.3) is 23.0 Å². The first kappa shape index (κ1) is 19.1. The fourth-order valence-electron chi connectivity index (χ4n) is 2.88. The Labute approximate surface area is 164 Å². The average molecular weight is 371 g/mol. The molecule has 5 heteroatoms. The third-order valence-corrected chi connectivity index (χ3v) is 4.34.